The van der Waals surface area contributed by atoms with Gasteiger partial charge in [-0.25, -0.2) is 0 Å². The molecule has 2 rings (SSSR count). The van der Waals surface area contributed by atoms with Gasteiger partial charge in [0.15, 0.2) is 0 Å². The summed E-state index contributed by atoms with van der Waals surface area (Å²) in [6.07, 6.45) is 0. The number of nitrogens with two attached hydrogens (primary N) is 1. The van der Waals surface area contributed by atoms with Crippen LogP contribution in [-0.4, -0.2) is 10.8 Å². The van der Waals surface area contributed by atoms with Crippen molar-refractivity contribution < 1.29 is 4.74 Å². The van der Waals surface area contributed by atoms with Gasteiger partial charge in [-0.1, -0.05) is 12.1 Å². The van der Waals surface area contributed by atoms with Gasteiger partial charge in [0, 0.05) is 11.8 Å². The molecule has 0 aliphatic rings. The van der Waals surface area contributed by atoms with Gasteiger partial charge in [0.2, 0.25) is 0 Å². The molecule has 20 heavy (non-hydrogen) atoms. The predicted molar refractivity (Wildman–Crippen MR) is 80.7 cm³/mol. The first-order valence-electron chi connectivity index (χ1n) is 6.47. The minimum absolute atomic E-state index is 0.0321. The largest absolute Gasteiger partial charge is 0.456 e. The van der Waals surface area contributed by atoms with E-state index in [0.29, 0.717) is 17.0 Å². The average molecular weight is 269 g/mol. The van der Waals surface area contributed by atoms with Crippen LogP contribution in [0.5, 0.6) is 11.5 Å². The van der Waals surface area contributed by atoms with E-state index >= 15 is 0 Å². The second-order valence-corrected chi connectivity index (χ2v) is 4.94. The molecule has 0 aliphatic carbocycles. The van der Waals surface area contributed by atoms with Gasteiger partial charge >= 0.3 is 0 Å². The SMILES string of the molecule is Cc1cc(Oc2cccc(C)c2C)c(C(=N)N)c(C)n1. The fraction of sp³-hybridized carbons (Fsp3) is 0.250. The minimum atomic E-state index is -0.0321. The van der Waals surface area contributed by atoms with Crippen LogP contribution in [0, 0.1) is 33.1 Å². The quantitative estimate of drug-likeness (QED) is 0.662. The van der Waals surface area contributed by atoms with Crippen molar-refractivity contribution in [1.29, 1.82) is 5.41 Å². The molecule has 0 unspecified atom stereocenters. The molecule has 1 aromatic heterocycles. The van der Waals surface area contributed by atoms with Gasteiger partial charge in [-0.2, -0.15) is 0 Å². The number of nitrogen functional groups attached to an aromatic ring is 1. The van der Waals surface area contributed by atoms with Gasteiger partial charge in [-0.3, -0.25) is 10.4 Å². The fourth-order valence-corrected chi connectivity index (χ4v) is 2.15. The Morgan fingerprint density at radius 3 is 2.50 bits per heavy atom. The van der Waals surface area contributed by atoms with E-state index < -0.39 is 0 Å². The Balaban J connectivity index is 2.53. The summed E-state index contributed by atoms with van der Waals surface area (Å²) in [5.74, 6) is 1.32. The Labute approximate surface area is 119 Å². The second-order valence-electron chi connectivity index (χ2n) is 4.94. The number of aryl methyl sites for hydroxylation is 3. The predicted octanol–water partition coefficient (Wildman–Crippen LogP) is 3.39. The van der Waals surface area contributed by atoms with E-state index in [-0.39, 0.29) is 5.84 Å². The molecule has 104 valence electrons. The average Bonchev–Trinajstić information content (AvgIpc) is 2.33. The highest BCUT2D eigenvalue weighted by atomic mass is 16.5. The van der Waals surface area contributed by atoms with Crippen LogP contribution in [0.3, 0.4) is 0 Å². The Hall–Kier alpha value is -2.36. The first-order valence-corrected chi connectivity index (χ1v) is 6.47. The Morgan fingerprint density at radius 2 is 1.85 bits per heavy atom. The molecule has 0 saturated carbocycles. The van der Waals surface area contributed by atoms with Gasteiger partial charge in [0.25, 0.3) is 0 Å². The molecule has 0 fully saturated rings. The summed E-state index contributed by atoms with van der Waals surface area (Å²) >= 11 is 0. The fourth-order valence-electron chi connectivity index (χ4n) is 2.15. The molecule has 1 aromatic carbocycles. The van der Waals surface area contributed by atoms with E-state index in [1.54, 1.807) is 0 Å². The molecule has 3 N–H and O–H groups in total. The number of nitrogens with one attached hydrogen (secondary N) is 1. The minimum Gasteiger partial charge on any atom is -0.456 e. The van der Waals surface area contributed by atoms with Gasteiger partial charge in [0.1, 0.15) is 17.3 Å². The first-order chi connectivity index (χ1) is 9.40. The number of amidine groups is 1. The number of hydrogen-bond acceptors (Lipinski definition) is 3. The molecule has 2 aromatic rings. The number of rotatable bonds is 3. The van der Waals surface area contributed by atoms with Gasteiger partial charge in [-0.15, -0.1) is 0 Å². The van der Waals surface area contributed by atoms with Gasteiger partial charge in [-0.05, 0) is 44.9 Å². The number of hydrogen-bond donors (Lipinski definition) is 2. The van der Waals surface area contributed by atoms with Gasteiger partial charge < -0.3 is 10.5 Å². The molecule has 1 heterocycles. The van der Waals surface area contributed by atoms with E-state index in [0.717, 1.165) is 22.6 Å². The summed E-state index contributed by atoms with van der Waals surface area (Å²) in [6, 6.07) is 7.71. The number of pyridine rings is 1. The summed E-state index contributed by atoms with van der Waals surface area (Å²) in [4.78, 5) is 4.34. The molecule has 4 nitrogen and oxygen atoms in total. The maximum atomic E-state index is 7.71. The zero-order valence-corrected chi connectivity index (χ0v) is 12.2. The Morgan fingerprint density at radius 1 is 1.15 bits per heavy atom. The van der Waals surface area contributed by atoms with Crippen molar-refractivity contribution in [3.8, 4) is 11.5 Å². The lowest BCUT2D eigenvalue weighted by molar-refractivity contribution is 0.475. The van der Waals surface area contributed by atoms with E-state index in [4.69, 9.17) is 15.9 Å². The lowest BCUT2D eigenvalue weighted by atomic mass is 10.1. The summed E-state index contributed by atoms with van der Waals surface area (Å²) in [5.41, 5.74) is 9.99. The Bertz CT molecular complexity index is 678. The molecule has 0 atom stereocenters. The second kappa shape index (κ2) is 5.33. The molecule has 0 bridgehead atoms. The maximum Gasteiger partial charge on any atom is 0.141 e. The molecule has 0 spiro atoms. The highest BCUT2D eigenvalue weighted by Crippen LogP contribution is 2.30. The third kappa shape index (κ3) is 2.64. The third-order valence-corrected chi connectivity index (χ3v) is 3.34. The van der Waals surface area contributed by atoms with Crippen LogP contribution in [0.1, 0.15) is 28.1 Å². The van der Waals surface area contributed by atoms with Crippen LogP contribution in [0.2, 0.25) is 0 Å². The molecule has 4 heteroatoms. The standard InChI is InChI=1S/C16H19N3O/c1-9-6-5-7-13(11(9)3)20-14-8-10(2)19-12(4)15(14)16(17)18/h5-8H,1-4H3,(H3,17,18). The summed E-state index contributed by atoms with van der Waals surface area (Å²) in [6.45, 7) is 7.78. The van der Waals surface area contributed by atoms with E-state index in [1.165, 1.54) is 0 Å². The van der Waals surface area contributed by atoms with Crippen molar-refractivity contribution in [3.63, 3.8) is 0 Å². The summed E-state index contributed by atoms with van der Waals surface area (Å²) in [7, 11) is 0. The van der Waals surface area contributed by atoms with Crippen molar-refractivity contribution in [3.05, 3.63) is 52.3 Å². The van der Waals surface area contributed by atoms with Crippen LogP contribution in [0.25, 0.3) is 0 Å². The summed E-state index contributed by atoms with van der Waals surface area (Å²) < 4.78 is 5.98. The van der Waals surface area contributed by atoms with Crippen LogP contribution >= 0.6 is 0 Å². The maximum absolute atomic E-state index is 7.71. The van der Waals surface area contributed by atoms with Crippen LogP contribution in [0.15, 0.2) is 24.3 Å². The topological polar surface area (TPSA) is 72.0 Å². The first kappa shape index (κ1) is 14.1. The monoisotopic (exact) mass is 269 g/mol. The molecular weight excluding hydrogens is 250 g/mol. The van der Waals surface area contributed by atoms with Crippen molar-refractivity contribution in [2.45, 2.75) is 27.7 Å². The van der Waals surface area contributed by atoms with E-state index in [9.17, 15) is 0 Å². The van der Waals surface area contributed by atoms with Crippen molar-refractivity contribution in [2.75, 3.05) is 0 Å². The smallest absolute Gasteiger partial charge is 0.141 e. The number of benzene rings is 1. The highest BCUT2D eigenvalue weighted by molar-refractivity contribution is 5.98. The summed E-state index contributed by atoms with van der Waals surface area (Å²) in [5, 5.41) is 7.71. The highest BCUT2D eigenvalue weighted by Gasteiger charge is 2.14. The number of aromatic nitrogens is 1. The van der Waals surface area contributed by atoms with E-state index in [1.807, 2.05) is 52.0 Å². The molecule has 0 saturated heterocycles. The number of ether oxygens (including phenoxy) is 1. The zero-order valence-electron chi connectivity index (χ0n) is 12.2. The molecule has 0 radical (unpaired) electrons. The normalized spacial score (nSPS) is 10.4. The Kier molecular flexibility index (Phi) is 3.74. The van der Waals surface area contributed by atoms with Crippen LogP contribution in [-0.2, 0) is 0 Å². The lowest BCUT2D eigenvalue weighted by Crippen LogP contribution is -2.15. The molecule has 0 aliphatic heterocycles. The molecular formula is C16H19N3O. The van der Waals surface area contributed by atoms with Crippen molar-refractivity contribution >= 4 is 5.84 Å². The zero-order chi connectivity index (χ0) is 14.9. The van der Waals surface area contributed by atoms with Crippen LogP contribution < -0.4 is 10.5 Å². The third-order valence-electron chi connectivity index (χ3n) is 3.34. The molecule has 0 amide bonds. The van der Waals surface area contributed by atoms with Crippen molar-refractivity contribution in [2.24, 2.45) is 5.73 Å². The van der Waals surface area contributed by atoms with Crippen molar-refractivity contribution in [1.82, 2.24) is 4.98 Å². The van der Waals surface area contributed by atoms with Crippen LogP contribution in [0.4, 0.5) is 0 Å². The lowest BCUT2D eigenvalue weighted by Gasteiger charge is -2.15. The van der Waals surface area contributed by atoms with Gasteiger partial charge in [0.05, 0.1) is 11.3 Å². The number of nitrogens with zero attached hydrogens (tertiary/aromatic N) is 1. The van der Waals surface area contributed by atoms with E-state index in [2.05, 4.69) is 4.98 Å².